The predicted molar refractivity (Wildman–Crippen MR) is 69.9 cm³/mol. The molecule has 102 valence electrons. The van der Waals surface area contributed by atoms with Gasteiger partial charge in [-0.15, -0.1) is 0 Å². The van der Waals surface area contributed by atoms with Crippen molar-refractivity contribution in [3.63, 3.8) is 0 Å². The first-order chi connectivity index (χ1) is 8.04. The van der Waals surface area contributed by atoms with E-state index in [4.69, 9.17) is 10.5 Å². The zero-order valence-corrected chi connectivity index (χ0v) is 11.4. The van der Waals surface area contributed by atoms with Crippen LogP contribution in [0.5, 0.6) is 0 Å². The van der Waals surface area contributed by atoms with Gasteiger partial charge in [0.15, 0.2) is 0 Å². The van der Waals surface area contributed by atoms with Crippen molar-refractivity contribution in [2.24, 2.45) is 11.7 Å². The van der Waals surface area contributed by atoms with Gasteiger partial charge < -0.3 is 15.6 Å². The number of hydrogen-bond donors (Lipinski definition) is 2. The van der Waals surface area contributed by atoms with E-state index in [9.17, 15) is 5.11 Å². The Balaban J connectivity index is 2.57. The molecular formula is C13H28N2O2. The topological polar surface area (TPSA) is 58.7 Å². The van der Waals surface area contributed by atoms with Crippen LogP contribution >= 0.6 is 0 Å². The normalized spacial score (nSPS) is 26.8. The first kappa shape index (κ1) is 14.9. The third kappa shape index (κ3) is 4.92. The summed E-state index contributed by atoms with van der Waals surface area (Å²) in [6, 6.07) is 0.117. The summed E-state index contributed by atoms with van der Waals surface area (Å²) < 4.78 is 5.62. The zero-order chi connectivity index (χ0) is 12.8. The first-order valence-corrected chi connectivity index (χ1v) is 6.76. The summed E-state index contributed by atoms with van der Waals surface area (Å²) in [4.78, 5) is 2.30. The van der Waals surface area contributed by atoms with Crippen LogP contribution in [-0.2, 0) is 4.74 Å². The van der Waals surface area contributed by atoms with Crippen molar-refractivity contribution in [3.8, 4) is 0 Å². The standard InChI is InChI=1S/C13H28N2O2/c1-10(2)7-12(14)13(9-16)15-5-4-6-17-11(3)8-15/h10-13,16H,4-9,14H2,1-3H3. The van der Waals surface area contributed by atoms with Crippen LogP contribution in [0.1, 0.15) is 33.6 Å². The van der Waals surface area contributed by atoms with Crippen LogP contribution in [0.4, 0.5) is 0 Å². The van der Waals surface area contributed by atoms with Gasteiger partial charge >= 0.3 is 0 Å². The van der Waals surface area contributed by atoms with Gasteiger partial charge in [0.2, 0.25) is 0 Å². The molecule has 0 bridgehead atoms. The Hall–Kier alpha value is -0.160. The summed E-state index contributed by atoms with van der Waals surface area (Å²) in [6.07, 6.45) is 2.21. The molecule has 4 nitrogen and oxygen atoms in total. The fourth-order valence-corrected chi connectivity index (χ4v) is 2.55. The maximum absolute atomic E-state index is 9.58. The van der Waals surface area contributed by atoms with E-state index in [0.717, 1.165) is 32.5 Å². The molecule has 0 aromatic rings. The Bertz CT molecular complexity index is 212. The van der Waals surface area contributed by atoms with Crippen LogP contribution in [0.2, 0.25) is 0 Å². The minimum Gasteiger partial charge on any atom is -0.395 e. The molecule has 4 heteroatoms. The number of hydrogen-bond acceptors (Lipinski definition) is 4. The van der Waals surface area contributed by atoms with E-state index in [1.807, 2.05) is 0 Å². The fraction of sp³-hybridized carbons (Fsp3) is 1.00. The molecule has 17 heavy (non-hydrogen) atoms. The van der Waals surface area contributed by atoms with Crippen LogP contribution in [0.3, 0.4) is 0 Å². The molecular weight excluding hydrogens is 216 g/mol. The van der Waals surface area contributed by atoms with E-state index >= 15 is 0 Å². The van der Waals surface area contributed by atoms with Gasteiger partial charge in [-0.3, -0.25) is 4.90 Å². The molecule has 1 rings (SSSR count). The van der Waals surface area contributed by atoms with E-state index in [-0.39, 0.29) is 24.8 Å². The SMILES string of the molecule is CC(C)CC(N)C(CO)N1CCCOC(C)C1. The summed E-state index contributed by atoms with van der Waals surface area (Å²) >= 11 is 0. The van der Waals surface area contributed by atoms with Gasteiger partial charge in [-0.05, 0) is 25.7 Å². The van der Waals surface area contributed by atoms with Gasteiger partial charge in [-0.1, -0.05) is 13.8 Å². The Labute approximate surface area is 105 Å². The van der Waals surface area contributed by atoms with Crippen molar-refractivity contribution in [2.75, 3.05) is 26.3 Å². The van der Waals surface area contributed by atoms with Crippen LogP contribution in [0, 0.1) is 5.92 Å². The van der Waals surface area contributed by atoms with Crippen molar-refractivity contribution in [3.05, 3.63) is 0 Å². The second kappa shape index (κ2) is 7.31. The summed E-state index contributed by atoms with van der Waals surface area (Å²) in [5.74, 6) is 0.569. The molecule has 1 aliphatic heterocycles. The van der Waals surface area contributed by atoms with Crippen LogP contribution in [-0.4, -0.2) is 54.5 Å². The van der Waals surface area contributed by atoms with Crippen molar-refractivity contribution >= 4 is 0 Å². The number of aliphatic hydroxyl groups excluding tert-OH is 1. The molecule has 0 amide bonds. The van der Waals surface area contributed by atoms with Gasteiger partial charge in [-0.25, -0.2) is 0 Å². The van der Waals surface area contributed by atoms with Crippen LogP contribution in [0.25, 0.3) is 0 Å². The lowest BCUT2D eigenvalue weighted by atomic mass is 9.97. The number of rotatable bonds is 5. The van der Waals surface area contributed by atoms with E-state index in [0.29, 0.717) is 5.92 Å². The number of nitrogens with two attached hydrogens (primary N) is 1. The summed E-state index contributed by atoms with van der Waals surface area (Å²) in [5.41, 5.74) is 6.21. The molecule has 0 aromatic carbocycles. The van der Waals surface area contributed by atoms with Crippen LogP contribution < -0.4 is 5.73 Å². The van der Waals surface area contributed by atoms with Gasteiger partial charge in [0.1, 0.15) is 0 Å². The summed E-state index contributed by atoms with van der Waals surface area (Å²) in [7, 11) is 0. The molecule has 3 atom stereocenters. The Morgan fingerprint density at radius 3 is 2.76 bits per heavy atom. The lowest BCUT2D eigenvalue weighted by Crippen LogP contribution is -2.52. The number of nitrogens with zero attached hydrogens (tertiary/aromatic N) is 1. The third-order valence-corrected chi connectivity index (χ3v) is 3.38. The van der Waals surface area contributed by atoms with E-state index < -0.39 is 0 Å². The largest absolute Gasteiger partial charge is 0.395 e. The highest BCUT2D eigenvalue weighted by Gasteiger charge is 2.27. The van der Waals surface area contributed by atoms with E-state index in [1.165, 1.54) is 0 Å². The molecule has 0 spiro atoms. The second-order valence-corrected chi connectivity index (χ2v) is 5.57. The highest BCUT2D eigenvalue weighted by Crippen LogP contribution is 2.15. The van der Waals surface area contributed by atoms with Crippen molar-refractivity contribution < 1.29 is 9.84 Å². The maximum atomic E-state index is 9.58. The average Bonchev–Trinajstić information content (AvgIpc) is 2.43. The predicted octanol–water partition coefficient (Wildman–Crippen LogP) is 0.832. The van der Waals surface area contributed by atoms with Crippen molar-refractivity contribution in [1.29, 1.82) is 0 Å². The molecule has 0 saturated carbocycles. The Kier molecular flexibility index (Phi) is 6.41. The monoisotopic (exact) mass is 244 g/mol. The Morgan fingerprint density at radius 2 is 2.18 bits per heavy atom. The quantitative estimate of drug-likeness (QED) is 0.752. The maximum Gasteiger partial charge on any atom is 0.0674 e. The van der Waals surface area contributed by atoms with E-state index in [2.05, 4.69) is 25.7 Å². The summed E-state index contributed by atoms with van der Waals surface area (Å²) in [5, 5.41) is 9.58. The highest BCUT2D eigenvalue weighted by molar-refractivity contribution is 4.84. The van der Waals surface area contributed by atoms with Crippen molar-refractivity contribution in [2.45, 2.75) is 51.8 Å². The van der Waals surface area contributed by atoms with Crippen LogP contribution in [0.15, 0.2) is 0 Å². The molecule has 1 fully saturated rings. The van der Waals surface area contributed by atoms with Gasteiger partial charge in [-0.2, -0.15) is 0 Å². The second-order valence-electron chi connectivity index (χ2n) is 5.57. The van der Waals surface area contributed by atoms with Gasteiger partial charge in [0.05, 0.1) is 12.7 Å². The molecule has 3 N–H and O–H groups in total. The molecule has 0 radical (unpaired) electrons. The van der Waals surface area contributed by atoms with Gasteiger partial charge in [0, 0.05) is 31.8 Å². The lowest BCUT2D eigenvalue weighted by Gasteiger charge is -2.34. The summed E-state index contributed by atoms with van der Waals surface area (Å²) in [6.45, 7) is 9.22. The Morgan fingerprint density at radius 1 is 1.47 bits per heavy atom. The molecule has 1 saturated heterocycles. The van der Waals surface area contributed by atoms with Gasteiger partial charge in [0.25, 0.3) is 0 Å². The average molecular weight is 244 g/mol. The molecule has 0 aromatic heterocycles. The fourth-order valence-electron chi connectivity index (χ4n) is 2.55. The molecule has 0 aliphatic carbocycles. The first-order valence-electron chi connectivity index (χ1n) is 6.76. The minimum absolute atomic E-state index is 0.0466. The molecule has 3 unspecified atom stereocenters. The highest BCUT2D eigenvalue weighted by atomic mass is 16.5. The third-order valence-electron chi connectivity index (χ3n) is 3.38. The molecule has 1 aliphatic rings. The minimum atomic E-state index is 0.0466. The van der Waals surface area contributed by atoms with Crippen molar-refractivity contribution in [1.82, 2.24) is 4.90 Å². The molecule has 1 heterocycles. The smallest absolute Gasteiger partial charge is 0.0674 e. The number of aliphatic hydroxyl groups is 1. The number of ether oxygens (including phenoxy) is 1. The lowest BCUT2D eigenvalue weighted by molar-refractivity contribution is 0.0453. The zero-order valence-electron chi connectivity index (χ0n) is 11.4. The van der Waals surface area contributed by atoms with E-state index in [1.54, 1.807) is 0 Å².